The average Bonchev–Trinajstić information content (AvgIpc) is 3.20. The van der Waals surface area contributed by atoms with Crippen molar-refractivity contribution < 1.29 is 12.8 Å². The molecule has 0 aliphatic heterocycles. The maximum absolute atomic E-state index is 12.7. The third-order valence-electron chi connectivity index (χ3n) is 4.36. The Bertz CT molecular complexity index is 1220. The molecule has 1 aromatic carbocycles. The van der Waals surface area contributed by atoms with Crippen molar-refractivity contribution in [3.63, 3.8) is 0 Å². The van der Waals surface area contributed by atoms with E-state index in [0.29, 0.717) is 17.3 Å². The Morgan fingerprint density at radius 3 is 2.48 bits per heavy atom. The maximum atomic E-state index is 12.7. The molecule has 0 fully saturated rings. The number of aryl methyl sites for hydroxylation is 1. The van der Waals surface area contributed by atoms with Crippen LogP contribution in [0.2, 0.25) is 0 Å². The Balaban J connectivity index is 1.53. The van der Waals surface area contributed by atoms with Crippen molar-refractivity contribution in [2.45, 2.75) is 18.4 Å². The summed E-state index contributed by atoms with van der Waals surface area (Å²) < 4.78 is 33.3. The highest BCUT2D eigenvalue weighted by Crippen LogP contribution is 2.22. The highest BCUT2D eigenvalue weighted by molar-refractivity contribution is 7.89. The summed E-state index contributed by atoms with van der Waals surface area (Å²) >= 11 is 0. The van der Waals surface area contributed by atoms with Gasteiger partial charge in [-0.3, -0.25) is 9.97 Å². The van der Waals surface area contributed by atoms with E-state index in [0.717, 1.165) is 16.7 Å². The minimum atomic E-state index is -3.69. The molecule has 0 spiro atoms. The van der Waals surface area contributed by atoms with Gasteiger partial charge < -0.3 is 4.42 Å². The third-order valence-corrected chi connectivity index (χ3v) is 5.78. The van der Waals surface area contributed by atoms with Gasteiger partial charge in [0.1, 0.15) is 12.0 Å². The van der Waals surface area contributed by atoms with Crippen molar-refractivity contribution in [3.05, 3.63) is 84.8 Å². The van der Waals surface area contributed by atoms with Gasteiger partial charge in [0, 0.05) is 43.2 Å². The quantitative estimate of drug-likeness (QED) is 0.525. The lowest BCUT2D eigenvalue weighted by Gasteiger charge is -2.10. The number of rotatable bonds is 6. The van der Waals surface area contributed by atoms with Crippen LogP contribution in [0.3, 0.4) is 0 Å². The number of oxazole rings is 1. The molecule has 7 nitrogen and oxygen atoms in total. The van der Waals surface area contributed by atoms with Crippen molar-refractivity contribution in [3.8, 4) is 22.5 Å². The predicted octanol–water partition coefficient (Wildman–Crippen LogP) is 3.59. The van der Waals surface area contributed by atoms with Crippen molar-refractivity contribution >= 4 is 10.0 Å². The fraction of sp³-hybridized carbons (Fsp3) is 0.0952. The Morgan fingerprint density at radius 1 is 1.00 bits per heavy atom. The zero-order valence-electron chi connectivity index (χ0n) is 15.6. The fourth-order valence-electron chi connectivity index (χ4n) is 2.90. The molecule has 4 aromatic rings. The van der Waals surface area contributed by atoms with Crippen LogP contribution in [0.4, 0.5) is 0 Å². The van der Waals surface area contributed by atoms with Gasteiger partial charge in [-0.25, -0.2) is 18.1 Å². The minimum absolute atomic E-state index is 0.116. The highest BCUT2D eigenvalue weighted by Gasteiger charge is 2.16. The van der Waals surface area contributed by atoms with Crippen LogP contribution in [0.5, 0.6) is 0 Å². The van der Waals surface area contributed by atoms with Crippen molar-refractivity contribution in [1.82, 2.24) is 19.7 Å². The Morgan fingerprint density at radius 2 is 1.79 bits per heavy atom. The zero-order chi connectivity index (χ0) is 20.3. The molecular formula is C21H18N4O3S. The maximum Gasteiger partial charge on any atom is 0.240 e. The molecule has 0 unspecified atom stereocenters. The second-order valence-electron chi connectivity index (χ2n) is 6.35. The van der Waals surface area contributed by atoms with E-state index in [1.165, 1.54) is 0 Å². The monoisotopic (exact) mass is 406 g/mol. The summed E-state index contributed by atoms with van der Waals surface area (Å²) in [5, 5.41) is 0. The van der Waals surface area contributed by atoms with Crippen molar-refractivity contribution in [2.75, 3.05) is 0 Å². The summed E-state index contributed by atoms with van der Waals surface area (Å²) in [7, 11) is -3.69. The van der Waals surface area contributed by atoms with Crippen molar-refractivity contribution in [1.29, 1.82) is 0 Å². The molecular weight excluding hydrogens is 388 g/mol. The number of nitrogens with one attached hydrogen (secondary N) is 1. The van der Waals surface area contributed by atoms with E-state index in [-0.39, 0.29) is 11.4 Å². The second kappa shape index (κ2) is 7.94. The smallest absolute Gasteiger partial charge is 0.240 e. The molecule has 146 valence electrons. The first kappa shape index (κ1) is 19.0. The van der Waals surface area contributed by atoms with E-state index in [1.54, 1.807) is 62.1 Å². The molecule has 0 radical (unpaired) electrons. The van der Waals surface area contributed by atoms with Crippen molar-refractivity contribution in [2.24, 2.45) is 0 Å². The SMILES string of the molecule is Cc1nc(-c2ccc(S(=O)(=O)NCc3cccnc3-c3cccnc3)cc2)co1. The molecule has 3 aromatic heterocycles. The van der Waals surface area contributed by atoms with Crippen LogP contribution in [-0.2, 0) is 16.6 Å². The molecule has 0 aliphatic carbocycles. The Kier molecular flexibility index (Phi) is 5.20. The summed E-state index contributed by atoms with van der Waals surface area (Å²) in [5.74, 6) is 0.555. The van der Waals surface area contributed by atoms with Gasteiger partial charge in [-0.2, -0.15) is 0 Å². The first-order chi connectivity index (χ1) is 14.0. The van der Waals surface area contributed by atoms with Gasteiger partial charge in [-0.1, -0.05) is 18.2 Å². The van der Waals surface area contributed by atoms with Gasteiger partial charge in [0.05, 0.1) is 10.6 Å². The van der Waals surface area contributed by atoms with Crippen LogP contribution in [0.1, 0.15) is 11.5 Å². The first-order valence-electron chi connectivity index (χ1n) is 8.89. The third kappa shape index (κ3) is 4.23. The number of benzene rings is 1. The Labute approximate surface area is 168 Å². The van der Waals surface area contributed by atoms with E-state index in [1.807, 2.05) is 18.2 Å². The van der Waals surface area contributed by atoms with E-state index >= 15 is 0 Å². The van der Waals surface area contributed by atoms with E-state index in [2.05, 4.69) is 19.7 Å². The molecule has 8 heteroatoms. The lowest BCUT2D eigenvalue weighted by Crippen LogP contribution is -2.23. The topological polar surface area (TPSA) is 98.0 Å². The van der Waals surface area contributed by atoms with Crippen LogP contribution in [0, 0.1) is 6.92 Å². The van der Waals surface area contributed by atoms with Gasteiger partial charge in [-0.15, -0.1) is 0 Å². The number of nitrogens with zero attached hydrogens (tertiary/aromatic N) is 3. The normalized spacial score (nSPS) is 11.5. The molecule has 4 rings (SSSR count). The Hall–Kier alpha value is -3.36. The average molecular weight is 406 g/mol. The minimum Gasteiger partial charge on any atom is -0.449 e. The number of hydrogen-bond donors (Lipinski definition) is 1. The standard InChI is InChI=1S/C21H18N4O3S/c1-15-25-20(14-28-15)16-6-8-19(9-7-16)29(26,27)24-13-18-5-3-11-23-21(18)17-4-2-10-22-12-17/h2-12,14,24H,13H2,1H3. The molecule has 0 amide bonds. The number of pyridine rings is 2. The summed E-state index contributed by atoms with van der Waals surface area (Å²) in [6, 6.07) is 13.8. The van der Waals surface area contributed by atoms with E-state index in [9.17, 15) is 8.42 Å². The lowest BCUT2D eigenvalue weighted by molar-refractivity contribution is 0.521. The molecule has 0 saturated carbocycles. The van der Waals surface area contributed by atoms with E-state index in [4.69, 9.17) is 4.42 Å². The summed E-state index contributed by atoms with van der Waals surface area (Å²) in [4.78, 5) is 12.9. The summed E-state index contributed by atoms with van der Waals surface area (Å²) in [6.07, 6.45) is 6.59. The van der Waals surface area contributed by atoms with Gasteiger partial charge >= 0.3 is 0 Å². The molecule has 0 saturated heterocycles. The fourth-order valence-corrected chi connectivity index (χ4v) is 3.91. The van der Waals surface area contributed by atoms with Crippen LogP contribution in [-0.4, -0.2) is 23.4 Å². The summed E-state index contributed by atoms with van der Waals surface area (Å²) in [5.41, 5.74) is 3.73. The van der Waals surface area contributed by atoms with Gasteiger partial charge in [0.15, 0.2) is 5.89 Å². The second-order valence-corrected chi connectivity index (χ2v) is 8.12. The number of hydrogen-bond acceptors (Lipinski definition) is 6. The van der Waals surface area contributed by atoms with Crippen LogP contribution in [0.15, 0.2) is 82.7 Å². The highest BCUT2D eigenvalue weighted by atomic mass is 32.2. The predicted molar refractivity (Wildman–Crippen MR) is 108 cm³/mol. The number of aromatic nitrogens is 3. The first-order valence-corrected chi connectivity index (χ1v) is 10.4. The van der Waals surface area contributed by atoms with Gasteiger partial charge in [-0.05, 0) is 35.9 Å². The molecule has 0 aliphatic rings. The van der Waals surface area contributed by atoms with E-state index < -0.39 is 10.0 Å². The molecule has 0 bridgehead atoms. The van der Waals surface area contributed by atoms with Crippen LogP contribution in [0.25, 0.3) is 22.5 Å². The largest absolute Gasteiger partial charge is 0.449 e. The number of sulfonamides is 1. The van der Waals surface area contributed by atoms with Gasteiger partial charge in [0.25, 0.3) is 0 Å². The molecule has 0 atom stereocenters. The molecule has 29 heavy (non-hydrogen) atoms. The zero-order valence-corrected chi connectivity index (χ0v) is 16.4. The lowest BCUT2D eigenvalue weighted by atomic mass is 10.1. The summed E-state index contributed by atoms with van der Waals surface area (Å²) in [6.45, 7) is 1.87. The molecule has 3 heterocycles. The van der Waals surface area contributed by atoms with Gasteiger partial charge in [0.2, 0.25) is 10.0 Å². The van der Waals surface area contributed by atoms with Crippen LogP contribution < -0.4 is 4.72 Å². The molecule has 1 N–H and O–H groups in total. The van der Waals surface area contributed by atoms with Crippen LogP contribution >= 0.6 is 0 Å².